The van der Waals surface area contributed by atoms with Gasteiger partial charge in [0.15, 0.2) is 11.5 Å². The largest absolute Gasteiger partial charge is 0.480 e. The second-order valence-electron chi connectivity index (χ2n) is 8.04. The van der Waals surface area contributed by atoms with Crippen LogP contribution in [0.5, 0.6) is 11.5 Å². The van der Waals surface area contributed by atoms with Crippen molar-refractivity contribution < 1.29 is 29.0 Å². The summed E-state index contributed by atoms with van der Waals surface area (Å²) in [7, 11) is 0. The molecule has 0 fully saturated rings. The van der Waals surface area contributed by atoms with E-state index in [0.717, 1.165) is 11.1 Å². The Bertz CT molecular complexity index is 1270. The lowest BCUT2D eigenvalue weighted by Crippen LogP contribution is -2.45. The number of aliphatic carboxylic acids is 1. The zero-order valence-corrected chi connectivity index (χ0v) is 19.0. The zero-order chi connectivity index (χ0) is 24.8. The molecular weight excluding hydrogens is 448 g/mol. The highest BCUT2D eigenvalue weighted by Gasteiger charge is 2.24. The number of hydrogen-bond donors (Lipinski definition) is 3. The second-order valence-corrected chi connectivity index (χ2v) is 8.04. The molecule has 8 nitrogen and oxygen atoms in total. The third-order valence-corrected chi connectivity index (χ3v) is 5.40. The smallest absolute Gasteiger partial charge is 0.326 e. The van der Waals surface area contributed by atoms with Crippen LogP contribution in [0.25, 0.3) is 6.08 Å². The van der Waals surface area contributed by atoms with Gasteiger partial charge in [-0.05, 0) is 48.4 Å². The van der Waals surface area contributed by atoms with Crippen molar-refractivity contribution in [3.63, 3.8) is 0 Å². The molecule has 0 aliphatic carbocycles. The van der Waals surface area contributed by atoms with Crippen LogP contribution in [0.2, 0.25) is 0 Å². The van der Waals surface area contributed by atoms with Crippen LogP contribution in [0.3, 0.4) is 0 Å². The first kappa shape index (κ1) is 23.6. The Morgan fingerprint density at radius 2 is 1.69 bits per heavy atom. The van der Waals surface area contributed by atoms with E-state index in [1.807, 2.05) is 13.0 Å². The molecule has 0 bridgehead atoms. The predicted molar refractivity (Wildman–Crippen MR) is 129 cm³/mol. The number of carboxylic acid groups (broad SMARTS) is 1. The van der Waals surface area contributed by atoms with Gasteiger partial charge in [0.2, 0.25) is 6.79 Å². The fourth-order valence-corrected chi connectivity index (χ4v) is 3.51. The molecule has 178 valence electrons. The first-order valence-corrected chi connectivity index (χ1v) is 11.0. The Kier molecular flexibility index (Phi) is 7.11. The summed E-state index contributed by atoms with van der Waals surface area (Å²) in [6.07, 6.45) is 1.55. The minimum absolute atomic E-state index is 0.0884. The lowest BCUT2D eigenvalue weighted by atomic mass is 10.1. The van der Waals surface area contributed by atoms with Gasteiger partial charge in [-0.2, -0.15) is 0 Å². The Labute approximate surface area is 202 Å². The first-order valence-electron chi connectivity index (χ1n) is 11.0. The predicted octanol–water partition coefficient (Wildman–Crippen LogP) is 3.31. The second kappa shape index (κ2) is 10.6. The minimum atomic E-state index is -1.19. The van der Waals surface area contributed by atoms with E-state index in [-0.39, 0.29) is 18.9 Å². The summed E-state index contributed by atoms with van der Waals surface area (Å²) in [4.78, 5) is 37.9. The van der Waals surface area contributed by atoms with Crippen LogP contribution >= 0.6 is 0 Å². The van der Waals surface area contributed by atoms with Gasteiger partial charge in [0.05, 0.1) is 0 Å². The SMILES string of the molecule is Cc1ccc(C(=O)N/C(=C\c2ccc3c(c2)OCO3)C(=O)N[C@H](Cc2ccccc2)C(=O)O)cc1. The quantitative estimate of drug-likeness (QED) is 0.434. The van der Waals surface area contributed by atoms with Gasteiger partial charge in [-0.1, -0.05) is 54.1 Å². The molecule has 0 spiro atoms. The lowest BCUT2D eigenvalue weighted by molar-refractivity contribution is -0.141. The van der Waals surface area contributed by atoms with Crippen molar-refractivity contribution in [2.24, 2.45) is 0 Å². The standard InChI is InChI=1S/C27H24N2O6/c1-17-7-10-20(11-8-17)25(30)28-21(14-19-9-12-23-24(15-19)35-16-34-23)26(31)29-22(27(32)33)13-18-5-3-2-4-6-18/h2-12,14-15,22H,13,16H2,1H3,(H,28,30)(H,29,31)(H,32,33)/b21-14-/t22-/m1/s1. The number of carbonyl (C=O) groups is 3. The van der Waals surface area contributed by atoms with Crippen molar-refractivity contribution in [1.29, 1.82) is 0 Å². The molecule has 0 unspecified atom stereocenters. The molecule has 8 heteroatoms. The van der Waals surface area contributed by atoms with Gasteiger partial charge < -0.3 is 25.2 Å². The van der Waals surface area contributed by atoms with Crippen LogP contribution in [0.4, 0.5) is 0 Å². The average Bonchev–Trinajstić information content (AvgIpc) is 3.32. The highest BCUT2D eigenvalue weighted by Crippen LogP contribution is 2.33. The van der Waals surface area contributed by atoms with E-state index >= 15 is 0 Å². The highest BCUT2D eigenvalue weighted by molar-refractivity contribution is 6.06. The monoisotopic (exact) mass is 472 g/mol. The molecule has 1 aliphatic rings. The van der Waals surface area contributed by atoms with Crippen LogP contribution in [0, 0.1) is 6.92 Å². The third-order valence-electron chi connectivity index (χ3n) is 5.40. The summed E-state index contributed by atoms with van der Waals surface area (Å²) in [5.74, 6) is -1.33. The van der Waals surface area contributed by atoms with Crippen LogP contribution in [-0.2, 0) is 16.0 Å². The lowest BCUT2D eigenvalue weighted by Gasteiger charge is -2.17. The summed E-state index contributed by atoms with van der Waals surface area (Å²) < 4.78 is 10.7. The maximum absolute atomic E-state index is 13.2. The maximum Gasteiger partial charge on any atom is 0.326 e. The average molecular weight is 472 g/mol. The van der Waals surface area contributed by atoms with Crippen LogP contribution in [0.15, 0.2) is 78.5 Å². The van der Waals surface area contributed by atoms with Crippen LogP contribution < -0.4 is 20.1 Å². The van der Waals surface area contributed by atoms with Crippen molar-refractivity contribution in [2.45, 2.75) is 19.4 Å². The van der Waals surface area contributed by atoms with E-state index in [9.17, 15) is 19.5 Å². The number of fused-ring (bicyclic) bond motifs is 1. The third kappa shape index (κ3) is 6.05. The van der Waals surface area contributed by atoms with E-state index in [0.29, 0.717) is 22.6 Å². The van der Waals surface area contributed by atoms with Gasteiger partial charge in [0.1, 0.15) is 11.7 Å². The van der Waals surface area contributed by atoms with Gasteiger partial charge in [0.25, 0.3) is 11.8 Å². The van der Waals surface area contributed by atoms with E-state index in [1.165, 1.54) is 6.08 Å². The zero-order valence-electron chi connectivity index (χ0n) is 19.0. The topological polar surface area (TPSA) is 114 Å². The molecule has 1 heterocycles. The van der Waals surface area contributed by atoms with Gasteiger partial charge in [0, 0.05) is 12.0 Å². The number of aryl methyl sites for hydroxylation is 1. The molecule has 4 rings (SSSR count). The fraction of sp³-hybridized carbons (Fsp3) is 0.148. The Balaban J connectivity index is 1.60. The number of hydrogen-bond acceptors (Lipinski definition) is 5. The number of benzene rings is 3. The molecule has 2 amide bonds. The number of carbonyl (C=O) groups excluding carboxylic acids is 2. The van der Waals surface area contributed by atoms with E-state index in [1.54, 1.807) is 66.7 Å². The number of rotatable bonds is 8. The molecule has 0 saturated carbocycles. The van der Waals surface area contributed by atoms with Crippen molar-refractivity contribution in [2.75, 3.05) is 6.79 Å². The molecule has 0 aromatic heterocycles. The summed E-state index contributed by atoms with van der Waals surface area (Å²) in [5, 5.41) is 14.8. The van der Waals surface area contributed by atoms with Gasteiger partial charge >= 0.3 is 5.97 Å². The summed E-state index contributed by atoms with van der Waals surface area (Å²) in [6.45, 7) is 2.00. The van der Waals surface area contributed by atoms with E-state index in [4.69, 9.17) is 9.47 Å². The summed E-state index contributed by atoms with van der Waals surface area (Å²) in [5.41, 5.74) is 2.57. The Morgan fingerprint density at radius 3 is 2.40 bits per heavy atom. The Hall–Kier alpha value is -4.59. The highest BCUT2D eigenvalue weighted by atomic mass is 16.7. The van der Waals surface area contributed by atoms with Gasteiger partial charge in [-0.3, -0.25) is 9.59 Å². The summed E-state index contributed by atoms with van der Waals surface area (Å²) in [6, 6.07) is 19.7. The van der Waals surface area contributed by atoms with Crippen LogP contribution in [-0.4, -0.2) is 35.7 Å². The molecule has 0 radical (unpaired) electrons. The molecule has 3 aromatic rings. The normalized spacial score (nSPS) is 13.1. The van der Waals surface area contributed by atoms with Gasteiger partial charge in [-0.15, -0.1) is 0 Å². The van der Waals surface area contributed by atoms with Gasteiger partial charge in [-0.25, -0.2) is 4.79 Å². The molecular formula is C27H24N2O6. The first-order chi connectivity index (χ1) is 16.9. The van der Waals surface area contributed by atoms with E-state index in [2.05, 4.69) is 10.6 Å². The molecule has 3 N–H and O–H groups in total. The van der Waals surface area contributed by atoms with E-state index < -0.39 is 23.8 Å². The maximum atomic E-state index is 13.2. The fourth-order valence-electron chi connectivity index (χ4n) is 3.51. The molecule has 1 atom stereocenters. The van der Waals surface area contributed by atoms with Crippen LogP contribution in [0.1, 0.15) is 27.0 Å². The molecule has 35 heavy (non-hydrogen) atoms. The minimum Gasteiger partial charge on any atom is -0.480 e. The number of amides is 2. The Morgan fingerprint density at radius 1 is 0.971 bits per heavy atom. The van der Waals surface area contributed by atoms with Crippen molar-refractivity contribution >= 4 is 23.9 Å². The van der Waals surface area contributed by atoms with Crippen molar-refractivity contribution in [1.82, 2.24) is 10.6 Å². The molecule has 3 aromatic carbocycles. The van der Waals surface area contributed by atoms with Crippen molar-refractivity contribution in [3.05, 3.63) is 101 Å². The van der Waals surface area contributed by atoms with Crippen molar-refractivity contribution in [3.8, 4) is 11.5 Å². The number of ether oxygens (including phenoxy) is 2. The molecule has 1 aliphatic heterocycles. The molecule has 0 saturated heterocycles. The summed E-state index contributed by atoms with van der Waals surface area (Å²) >= 11 is 0. The number of carboxylic acids is 1. The number of nitrogens with one attached hydrogen (secondary N) is 2.